The van der Waals surface area contributed by atoms with E-state index in [4.69, 9.17) is 5.11 Å². The molecule has 1 aromatic carbocycles. The van der Waals surface area contributed by atoms with Gasteiger partial charge in [-0.3, -0.25) is 0 Å². The minimum absolute atomic E-state index is 0.153. The summed E-state index contributed by atoms with van der Waals surface area (Å²) in [5.74, 6) is 0.221. The second kappa shape index (κ2) is 5.54. The molecule has 0 bridgehead atoms. The van der Waals surface area contributed by atoms with Gasteiger partial charge in [0.15, 0.2) is 0 Å². The Hall–Kier alpha value is -1.03. The summed E-state index contributed by atoms with van der Waals surface area (Å²) < 4.78 is 13.5. The van der Waals surface area contributed by atoms with Crippen molar-refractivity contribution < 1.29 is 14.3 Å². The Bertz CT molecular complexity index is 414. The van der Waals surface area contributed by atoms with Crippen molar-refractivity contribution in [3.05, 3.63) is 29.6 Å². The van der Waals surface area contributed by atoms with Gasteiger partial charge in [-0.2, -0.15) is 0 Å². The number of carbonyl (C=O) groups is 1. The summed E-state index contributed by atoms with van der Waals surface area (Å²) in [6, 6.07) is 3.97. The highest BCUT2D eigenvalue weighted by molar-refractivity contribution is 7.99. The molecule has 0 heterocycles. The average Bonchev–Trinajstić information content (AvgIpc) is 2.80. The molecule has 0 aliphatic heterocycles. The van der Waals surface area contributed by atoms with E-state index < -0.39 is 5.97 Å². The van der Waals surface area contributed by atoms with E-state index in [0.717, 1.165) is 5.75 Å². The molecule has 92 valence electrons. The molecular weight excluding hydrogens is 239 g/mol. The molecule has 1 aliphatic rings. The van der Waals surface area contributed by atoms with Crippen LogP contribution in [0.25, 0.3) is 0 Å². The molecule has 4 heteroatoms. The summed E-state index contributed by atoms with van der Waals surface area (Å²) in [5.41, 5.74) is 0.153. The molecule has 0 saturated heterocycles. The molecule has 1 aliphatic carbocycles. The third-order valence-electron chi connectivity index (χ3n) is 3.13. The van der Waals surface area contributed by atoms with Gasteiger partial charge in [0.05, 0.1) is 5.56 Å². The van der Waals surface area contributed by atoms with Gasteiger partial charge in [0.1, 0.15) is 5.82 Å². The van der Waals surface area contributed by atoms with Gasteiger partial charge in [-0.05, 0) is 37.0 Å². The number of benzene rings is 1. The fourth-order valence-electron chi connectivity index (χ4n) is 2.13. The van der Waals surface area contributed by atoms with E-state index in [1.165, 1.54) is 55.6 Å². The Labute approximate surface area is 104 Å². The molecule has 2 rings (SSSR count). The summed E-state index contributed by atoms with van der Waals surface area (Å²) in [5, 5.41) is 8.85. The lowest BCUT2D eigenvalue weighted by molar-refractivity contribution is 0.0696. The number of hydrogen-bond donors (Lipinski definition) is 1. The molecule has 1 saturated carbocycles. The molecule has 0 spiro atoms. The smallest absolute Gasteiger partial charge is 0.335 e. The normalized spacial score (nSPS) is 16.3. The van der Waals surface area contributed by atoms with Crippen molar-refractivity contribution in [1.29, 1.82) is 0 Å². The maximum atomic E-state index is 13.5. The van der Waals surface area contributed by atoms with Crippen LogP contribution in [0.15, 0.2) is 23.1 Å². The predicted octanol–water partition coefficient (Wildman–Crippen LogP) is 3.81. The second-order valence-corrected chi connectivity index (χ2v) is 5.47. The molecular formula is C13H15FO2S. The first-order valence-electron chi connectivity index (χ1n) is 5.82. The molecule has 0 radical (unpaired) electrons. The molecule has 17 heavy (non-hydrogen) atoms. The highest BCUT2D eigenvalue weighted by Crippen LogP contribution is 2.32. The maximum absolute atomic E-state index is 13.5. The van der Waals surface area contributed by atoms with Crippen molar-refractivity contribution in [2.45, 2.75) is 30.6 Å². The Balaban J connectivity index is 2.03. The number of halogens is 1. The van der Waals surface area contributed by atoms with Crippen LogP contribution in [0.2, 0.25) is 0 Å². The number of hydrogen-bond acceptors (Lipinski definition) is 2. The standard InChI is InChI=1S/C13H15FO2S/c14-11-6-5-10(13(15)16)7-12(11)17-8-9-3-1-2-4-9/h5-7,9H,1-4,8H2,(H,15,16). The first-order valence-corrected chi connectivity index (χ1v) is 6.81. The number of carboxylic acids is 1. The second-order valence-electron chi connectivity index (χ2n) is 4.41. The largest absolute Gasteiger partial charge is 0.478 e. The molecule has 0 unspecified atom stereocenters. The number of aromatic carboxylic acids is 1. The topological polar surface area (TPSA) is 37.3 Å². The van der Waals surface area contributed by atoms with Gasteiger partial charge in [0.2, 0.25) is 0 Å². The zero-order valence-electron chi connectivity index (χ0n) is 9.49. The van der Waals surface area contributed by atoms with Crippen LogP contribution in [-0.2, 0) is 0 Å². The Morgan fingerprint density at radius 2 is 2.12 bits per heavy atom. The van der Waals surface area contributed by atoms with Crippen molar-refractivity contribution in [2.24, 2.45) is 5.92 Å². The lowest BCUT2D eigenvalue weighted by atomic mass is 10.1. The van der Waals surface area contributed by atoms with Crippen LogP contribution in [0.1, 0.15) is 36.0 Å². The van der Waals surface area contributed by atoms with E-state index in [0.29, 0.717) is 10.8 Å². The van der Waals surface area contributed by atoms with Gasteiger partial charge in [-0.25, -0.2) is 9.18 Å². The Morgan fingerprint density at radius 1 is 1.41 bits per heavy atom. The minimum atomic E-state index is -1.01. The quantitative estimate of drug-likeness (QED) is 0.830. The zero-order chi connectivity index (χ0) is 12.3. The molecule has 1 aromatic rings. The summed E-state index contributed by atoms with van der Waals surface area (Å²) in [4.78, 5) is 11.2. The summed E-state index contributed by atoms with van der Waals surface area (Å²) in [7, 11) is 0. The highest BCUT2D eigenvalue weighted by Gasteiger charge is 2.16. The van der Waals surface area contributed by atoms with E-state index in [1.807, 2.05) is 0 Å². The zero-order valence-corrected chi connectivity index (χ0v) is 10.3. The van der Waals surface area contributed by atoms with E-state index >= 15 is 0 Å². The first kappa shape index (κ1) is 12.4. The third kappa shape index (κ3) is 3.22. The lowest BCUT2D eigenvalue weighted by Gasteiger charge is -2.09. The van der Waals surface area contributed by atoms with Crippen LogP contribution in [-0.4, -0.2) is 16.8 Å². The molecule has 0 aromatic heterocycles. The van der Waals surface area contributed by atoms with E-state index in [2.05, 4.69) is 0 Å². The monoisotopic (exact) mass is 254 g/mol. The van der Waals surface area contributed by atoms with Crippen LogP contribution in [0.4, 0.5) is 4.39 Å². The minimum Gasteiger partial charge on any atom is -0.478 e. The SMILES string of the molecule is O=C(O)c1ccc(F)c(SCC2CCCC2)c1. The van der Waals surface area contributed by atoms with Crippen molar-refractivity contribution in [2.75, 3.05) is 5.75 Å². The van der Waals surface area contributed by atoms with Crippen LogP contribution in [0.5, 0.6) is 0 Å². The van der Waals surface area contributed by atoms with E-state index in [9.17, 15) is 9.18 Å². The maximum Gasteiger partial charge on any atom is 0.335 e. The van der Waals surface area contributed by atoms with Crippen molar-refractivity contribution in [1.82, 2.24) is 0 Å². The molecule has 1 N–H and O–H groups in total. The Kier molecular flexibility index (Phi) is 4.05. The van der Waals surface area contributed by atoms with Crippen LogP contribution in [0.3, 0.4) is 0 Å². The average molecular weight is 254 g/mol. The molecule has 0 atom stereocenters. The van der Waals surface area contributed by atoms with Crippen LogP contribution in [0, 0.1) is 11.7 Å². The number of rotatable bonds is 4. The van der Waals surface area contributed by atoms with Gasteiger partial charge in [-0.1, -0.05) is 12.8 Å². The van der Waals surface area contributed by atoms with Gasteiger partial charge >= 0.3 is 5.97 Å². The van der Waals surface area contributed by atoms with Gasteiger partial charge < -0.3 is 5.11 Å². The summed E-state index contributed by atoms with van der Waals surface area (Å²) in [6.45, 7) is 0. The van der Waals surface area contributed by atoms with Gasteiger partial charge in [0.25, 0.3) is 0 Å². The van der Waals surface area contributed by atoms with Crippen molar-refractivity contribution >= 4 is 17.7 Å². The molecule has 1 fully saturated rings. The summed E-state index contributed by atoms with van der Waals surface area (Å²) >= 11 is 1.44. The number of thioether (sulfide) groups is 1. The first-order chi connectivity index (χ1) is 8.16. The van der Waals surface area contributed by atoms with Crippen molar-refractivity contribution in [3.8, 4) is 0 Å². The fourth-order valence-corrected chi connectivity index (χ4v) is 3.30. The summed E-state index contributed by atoms with van der Waals surface area (Å²) in [6.07, 6.45) is 4.96. The number of carboxylic acid groups (broad SMARTS) is 1. The predicted molar refractivity (Wildman–Crippen MR) is 66.0 cm³/mol. The van der Waals surface area contributed by atoms with E-state index in [1.54, 1.807) is 0 Å². The van der Waals surface area contributed by atoms with E-state index in [-0.39, 0.29) is 11.4 Å². The fraction of sp³-hybridized carbons (Fsp3) is 0.462. The van der Waals surface area contributed by atoms with Crippen molar-refractivity contribution in [3.63, 3.8) is 0 Å². The Morgan fingerprint density at radius 3 is 2.76 bits per heavy atom. The van der Waals surface area contributed by atoms with Gasteiger partial charge in [-0.15, -0.1) is 11.8 Å². The lowest BCUT2D eigenvalue weighted by Crippen LogP contribution is -2.00. The van der Waals surface area contributed by atoms with Crippen LogP contribution < -0.4 is 0 Å². The van der Waals surface area contributed by atoms with Gasteiger partial charge in [0, 0.05) is 10.6 Å². The third-order valence-corrected chi connectivity index (χ3v) is 4.39. The highest BCUT2D eigenvalue weighted by atomic mass is 32.2. The van der Waals surface area contributed by atoms with Crippen LogP contribution >= 0.6 is 11.8 Å². The molecule has 2 nitrogen and oxygen atoms in total. The molecule has 0 amide bonds.